The third-order valence-corrected chi connectivity index (χ3v) is 3.72. The van der Waals surface area contributed by atoms with Crippen molar-refractivity contribution in [1.82, 2.24) is 5.32 Å². The van der Waals surface area contributed by atoms with Crippen LogP contribution in [0.5, 0.6) is 11.5 Å². The number of dihydropyridines is 1. The highest BCUT2D eigenvalue weighted by Crippen LogP contribution is 2.32. The molecule has 0 saturated carbocycles. The second-order valence-electron chi connectivity index (χ2n) is 5.04. The second-order valence-corrected chi connectivity index (χ2v) is 5.04. The van der Waals surface area contributed by atoms with Gasteiger partial charge in [-0.3, -0.25) is 0 Å². The first-order chi connectivity index (χ1) is 10.8. The molecule has 0 spiro atoms. The van der Waals surface area contributed by atoms with E-state index >= 15 is 0 Å². The molecule has 0 bridgehead atoms. The fourth-order valence-electron chi connectivity index (χ4n) is 2.52. The molecule has 3 heteroatoms. The summed E-state index contributed by atoms with van der Waals surface area (Å²) in [5.41, 5.74) is 4.60. The van der Waals surface area contributed by atoms with Gasteiger partial charge in [0.1, 0.15) is 0 Å². The summed E-state index contributed by atoms with van der Waals surface area (Å²) in [7, 11) is 3.30. The van der Waals surface area contributed by atoms with Crippen molar-refractivity contribution in [3.05, 3.63) is 66.3 Å². The second kappa shape index (κ2) is 6.39. The Bertz CT molecular complexity index is 715. The van der Waals surface area contributed by atoms with Crippen molar-refractivity contribution in [2.24, 2.45) is 0 Å². The minimum absolute atomic E-state index is 0.742. The predicted octanol–water partition coefficient (Wildman–Crippen LogP) is 3.87. The Labute approximate surface area is 130 Å². The zero-order valence-electron chi connectivity index (χ0n) is 12.8. The minimum atomic E-state index is 0.742. The van der Waals surface area contributed by atoms with Crippen LogP contribution in [0.2, 0.25) is 0 Å². The SMILES string of the molecule is COc1ccc(-c2ccc(C3=CC=CCN3)cc2)cc1OC. The monoisotopic (exact) mass is 293 g/mol. The van der Waals surface area contributed by atoms with Crippen molar-refractivity contribution in [2.45, 2.75) is 0 Å². The molecule has 3 nitrogen and oxygen atoms in total. The third kappa shape index (κ3) is 2.84. The van der Waals surface area contributed by atoms with Gasteiger partial charge in [0.05, 0.1) is 14.2 Å². The van der Waals surface area contributed by atoms with Crippen LogP contribution in [-0.4, -0.2) is 20.8 Å². The van der Waals surface area contributed by atoms with Crippen LogP contribution >= 0.6 is 0 Å². The number of methoxy groups -OCH3 is 2. The van der Waals surface area contributed by atoms with Crippen LogP contribution in [0.1, 0.15) is 5.56 Å². The summed E-state index contributed by atoms with van der Waals surface area (Å²) in [5, 5.41) is 3.37. The van der Waals surface area contributed by atoms with Gasteiger partial charge in [0.2, 0.25) is 0 Å². The average molecular weight is 293 g/mol. The van der Waals surface area contributed by atoms with Gasteiger partial charge in [-0.05, 0) is 34.9 Å². The molecule has 0 aliphatic carbocycles. The Hall–Kier alpha value is -2.68. The molecule has 0 fully saturated rings. The molecule has 2 aromatic carbocycles. The molecule has 1 heterocycles. The molecule has 1 aliphatic rings. The maximum Gasteiger partial charge on any atom is 0.161 e. The lowest BCUT2D eigenvalue weighted by Crippen LogP contribution is -2.14. The van der Waals surface area contributed by atoms with Crippen LogP contribution in [0, 0.1) is 0 Å². The Balaban J connectivity index is 1.89. The predicted molar refractivity (Wildman–Crippen MR) is 90.1 cm³/mol. The van der Waals surface area contributed by atoms with Crippen LogP contribution in [0.4, 0.5) is 0 Å². The Morgan fingerprint density at radius 2 is 1.50 bits per heavy atom. The van der Waals surface area contributed by atoms with E-state index in [2.05, 4.69) is 47.8 Å². The summed E-state index contributed by atoms with van der Waals surface area (Å²) in [6, 6.07) is 14.5. The first-order valence-corrected chi connectivity index (χ1v) is 7.25. The van der Waals surface area contributed by atoms with Crippen LogP contribution < -0.4 is 14.8 Å². The number of benzene rings is 2. The molecular weight excluding hydrogens is 274 g/mol. The molecule has 0 amide bonds. The minimum Gasteiger partial charge on any atom is -0.493 e. The number of rotatable bonds is 4. The molecule has 1 N–H and O–H groups in total. The van der Waals surface area contributed by atoms with Crippen LogP contribution in [0.15, 0.2) is 60.7 Å². The van der Waals surface area contributed by atoms with Gasteiger partial charge >= 0.3 is 0 Å². The van der Waals surface area contributed by atoms with E-state index in [4.69, 9.17) is 9.47 Å². The van der Waals surface area contributed by atoms with Crippen LogP contribution in [0.25, 0.3) is 16.8 Å². The largest absolute Gasteiger partial charge is 0.493 e. The van der Waals surface area contributed by atoms with E-state index in [1.54, 1.807) is 14.2 Å². The van der Waals surface area contributed by atoms with Gasteiger partial charge in [-0.2, -0.15) is 0 Å². The van der Waals surface area contributed by atoms with E-state index in [-0.39, 0.29) is 0 Å². The standard InChI is InChI=1S/C19H19NO2/c1-21-18-11-10-16(13-19(18)22-2)14-6-8-15(9-7-14)17-5-3-4-12-20-17/h3-11,13,20H,12H2,1-2H3. The van der Waals surface area contributed by atoms with Crippen molar-refractivity contribution in [2.75, 3.05) is 20.8 Å². The summed E-state index contributed by atoms with van der Waals surface area (Å²) in [5.74, 6) is 1.48. The Morgan fingerprint density at radius 1 is 0.818 bits per heavy atom. The van der Waals surface area contributed by atoms with E-state index in [1.807, 2.05) is 18.2 Å². The fraction of sp³-hybridized carbons (Fsp3) is 0.158. The maximum absolute atomic E-state index is 5.37. The van der Waals surface area contributed by atoms with Crippen molar-refractivity contribution in [3.8, 4) is 22.6 Å². The highest BCUT2D eigenvalue weighted by molar-refractivity contribution is 5.72. The highest BCUT2D eigenvalue weighted by Gasteiger charge is 2.07. The topological polar surface area (TPSA) is 30.5 Å². The van der Waals surface area contributed by atoms with Crippen molar-refractivity contribution < 1.29 is 9.47 Å². The number of ether oxygens (including phenoxy) is 2. The summed E-state index contributed by atoms with van der Waals surface area (Å²) < 4.78 is 10.6. The summed E-state index contributed by atoms with van der Waals surface area (Å²) in [6.07, 6.45) is 6.27. The smallest absolute Gasteiger partial charge is 0.161 e. The van der Waals surface area contributed by atoms with Crippen molar-refractivity contribution in [3.63, 3.8) is 0 Å². The van der Waals surface area contributed by atoms with Gasteiger partial charge in [-0.1, -0.05) is 42.5 Å². The highest BCUT2D eigenvalue weighted by atomic mass is 16.5. The van der Waals surface area contributed by atoms with E-state index in [9.17, 15) is 0 Å². The van der Waals surface area contributed by atoms with Crippen LogP contribution in [0.3, 0.4) is 0 Å². The molecule has 112 valence electrons. The van der Waals surface area contributed by atoms with E-state index in [0.717, 1.165) is 34.9 Å². The average Bonchev–Trinajstić information content (AvgIpc) is 2.62. The van der Waals surface area contributed by atoms with Gasteiger partial charge in [-0.15, -0.1) is 0 Å². The lowest BCUT2D eigenvalue weighted by Gasteiger charge is -2.13. The number of nitrogens with one attached hydrogen (secondary N) is 1. The molecule has 2 aromatic rings. The summed E-state index contributed by atoms with van der Waals surface area (Å²) >= 11 is 0. The quantitative estimate of drug-likeness (QED) is 0.928. The molecular formula is C19H19NO2. The number of allylic oxidation sites excluding steroid dienone is 2. The lowest BCUT2D eigenvalue weighted by molar-refractivity contribution is 0.355. The van der Waals surface area contributed by atoms with Crippen molar-refractivity contribution >= 4 is 5.70 Å². The summed E-state index contributed by atoms with van der Waals surface area (Å²) in [4.78, 5) is 0. The number of hydrogen-bond acceptors (Lipinski definition) is 3. The maximum atomic E-state index is 5.37. The van der Waals surface area contributed by atoms with Gasteiger partial charge in [0.25, 0.3) is 0 Å². The van der Waals surface area contributed by atoms with E-state index < -0.39 is 0 Å². The van der Waals surface area contributed by atoms with E-state index in [1.165, 1.54) is 5.56 Å². The molecule has 0 radical (unpaired) electrons. The molecule has 1 aliphatic heterocycles. The fourth-order valence-corrected chi connectivity index (χ4v) is 2.52. The third-order valence-electron chi connectivity index (χ3n) is 3.72. The van der Waals surface area contributed by atoms with E-state index in [0.29, 0.717) is 0 Å². The van der Waals surface area contributed by atoms with Crippen molar-refractivity contribution in [1.29, 1.82) is 0 Å². The molecule has 0 atom stereocenters. The zero-order chi connectivity index (χ0) is 15.4. The molecule has 0 saturated heterocycles. The molecule has 0 unspecified atom stereocenters. The Morgan fingerprint density at radius 3 is 2.14 bits per heavy atom. The first kappa shape index (κ1) is 14.3. The lowest BCUT2D eigenvalue weighted by atomic mass is 10.0. The first-order valence-electron chi connectivity index (χ1n) is 7.25. The normalized spacial score (nSPS) is 13.3. The number of hydrogen-bond donors (Lipinski definition) is 1. The summed E-state index contributed by atoms with van der Waals surface area (Å²) in [6.45, 7) is 0.878. The Kier molecular flexibility index (Phi) is 4.15. The zero-order valence-corrected chi connectivity index (χ0v) is 12.8. The van der Waals surface area contributed by atoms with Crippen LogP contribution in [-0.2, 0) is 0 Å². The molecule has 22 heavy (non-hydrogen) atoms. The van der Waals surface area contributed by atoms with Gasteiger partial charge in [0.15, 0.2) is 11.5 Å². The van der Waals surface area contributed by atoms with Gasteiger partial charge in [0, 0.05) is 12.2 Å². The van der Waals surface area contributed by atoms with Gasteiger partial charge < -0.3 is 14.8 Å². The molecule has 3 rings (SSSR count). The van der Waals surface area contributed by atoms with Gasteiger partial charge in [-0.25, -0.2) is 0 Å². The molecule has 0 aromatic heterocycles.